The third-order valence-corrected chi connectivity index (χ3v) is 3.79. The lowest BCUT2D eigenvalue weighted by Crippen LogP contribution is -2.37. The van der Waals surface area contributed by atoms with Crippen LogP contribution in [0.4, 0.5) is 5.82 Å². The summed E-state index contributed by atoms with van der Waals surface area (Å²) in [6.07, 6.45) is 6.97. The van der Waals surface area contributed by atoms with E-state index in [4.69, 9.17) is 0 Å². The van der Waals surface area contributed by atoms with E-state index < -0.39 is 5.97 Å². The van der Waals surface area contributed by atoms with Crippen LogP contribution in [0.15, 0.2) is 6.33 Å². The highest BCUT2D eigenvalue weighted by molar-refractivity contribution is 5.73. The number of aliphatic carboxylic acids is 1. The number of carbonyl (C=O) groups is 1. The van der Waals surface area contributed by atoms with E-state index in [1.165, 1.54) is 6.42 Å². The molecule has 0 aliphatic heterocycles. The quantitative estimate of drug-likeness (QED) is 0.795. The SMILES string of the molecule is CN(C)CCN(CC(=O)O)c1ncnc2c1CCCCC2. The van der Waals surface area contributed by atoms with Crippen LogP contribution in [-0.2, 0) is 17.6 Å². The summed E-state index contributed by atoms with van der Waals surface area (Å²) in [5, 5.41) is 9.17. The van der Waals surface area contributed by atoms with Crippen molar-refractivity contribution in [3.63, 3.8) is 0 Å². The molecule has 0 atom stereocenters. The Morgan fingerprint density at radius 2 is 1.95 bits per heavy atom. The van der Waals surface area contributed by atoms with E-state index in [1.807, 2.05) is 19.0 Å². The summed E-state index contributed by atoms with van der Waals surface area (Å²) in [5.74, 6) is -0.0131. The van der Waals surface area contributed by atoms with Crippen LogP contribution in [0.3, 0.4) is 0 Å². The van der Waals surface area contributed by atoms with Crippen LogP contribution < -0.4 is 4.90 Å². The topological polar surface area (TPSA) is 69.6 Å². The Labute approximate surface area is 125 Å². The molecule has 1 aliphatic rings. The number of hydrogen-bond acceptors (Lipinski definition) is 5. The summed E-state index contributed by atoms with van der Waals surface area (Å²) in [6.45, 7) is 1.44. The predicted octanol–water partition coefficient (Wildman–Crippen LogP) is 1.20. The van der Waals surface area contributed by atoms with Gasteiger partial charge in [0, 0.05) is 24.3 Å². The Bertz CT molecular complexity index is 491. The van der Waals surface area contributed by atoms with Gasteiger partial charge in [-0.25, -0.2) is 9.97 Å². The van der Waals surface area contributed by atoms with Crippen molar-refractivity contribution in [3.8, 4) is 0 Å². The first-order valence-electron chi connectivity index (χ1n) is 7.52. The molecule has 0 unspecified atom stereocenters. The van der Waals surface area contributed by atoms with Gasteiger partial charge in [-0.3, -0.25) is 4.79 Å². The van der Waals surface area contributed by atoms with Crippen molar-refractivity contribution in [2.45, 2.75) is 32.1 Å². The van der Waals surface area contributed by atoms with Crippen molar-refractivity contribution >= 4 is 11.8 Å². The molecule has 2 rings (SSSR count). The highest BCUT2D eigenvalue weighted by atomic mass is 16.4. The molecule has 0 amide bonds. The molecule has 116 valence electrons. The Morgan fingerprint density at radius 3 is 2.67 bits per heavy atom. The predicted molar refractivity (Wildman–Crippen MR) is 81.7 cm³/mol. The Morgan fingerprint density at radius 1 is 1.19 bits per heavy atom. The lowest BCUT2D eigenvalue weighted by molar-refractivity contribution is -0.135. The van der Waals surface area contributed by atoms with Crippen molar-refractivity contribution < 1.29 is 9.90 Å². The zero-order valence-electron chi connectivity index (χ0n) is 12.9. The molecule has 0 aromatic carbocycles. The molecule has 0 saturated heterocycles. The Balaban J connectivity index is 2.27. The Hall–Kier alpha value is -1.69. The molecule has 6 heteroatoms. The summed E-state index contributed by atoms with van der Waals surface area (Å²) < 4.78 is 0. The summed E-state index contributed by atoms with van der Waals surface area (Å²) >= 11 is 0. The van der Waals surface area contributed by atoms with Crippen molar-refractivity contribution in [1.82, 2.24) is 14.9 Å². The van der Waals surface area contributed by atoms with Crippen LogP contribution in [0.2, 0.25) is 0 Å². The number of carboxylic acid groups (broad SMARTS) is 1. The van der Waals surface area contributed by atoms with Gasteiger partial charge in [-0.05, 0) is 39.8 Å². The summed E-state index contributed by atoms with van der Waals surface area (Å²) in [6, 6.07) is 0. The van der Waals surface area contributed by atoms with Crippen LogP contribution in [-0.4, -0.2) is 59.7 Å². The standard InChI is InChI=1S/C15H24N4O2/c1-18(2)8-9-19(10-14(20)21)15-12-6-4-3-5-7-13(12)16-11-17-15/h11H,3-10H2,1-2H3,(H,20,21). The molecule has 0 radical (unpaired) electrons. The van der Waals surface area contributed by atoms with Gasteiger partial charge in [0.1, 0.15) is 18.7 Å². The second-order valence-corrected chi connectivity index (χ2v) is 5.80. The molecular weight excluding hydrogens is 268 g/mol. The number of aryl methyl sites for hydroxylation is 1. The fourth-order valence-electron chi connectivity index (χ4n) is 2.70. The zero-order chi connectivity index (χ0) is 15.2. The van der Waals surface area contributed by atoms with Crippen LogP contribution in [0.25, 0.3) is 0 Å². The maximum atomic E-state index is 11.2. The van der Waals surface area contributed by atoms with Gasteiger partial charge in [-0.15, -0.1) is 0 Å². The van der Waals surface area contributed by atoms with Crippen LogP contribution in [0.5, 0.6) is 0 Å². The maximum absolute atomic E-state index is 11.2. The minimum absolute atomic E-state index is 0.0166. The number of rotatable bonds is 6. The first-order valence-corrected chi connectivity index (χ1v) is 7.52. The van der Waals surface area contributed by atoms with Crippen LogP contribution in [0, 0.1) is 0 Å². The van der Waals surface area contributed by atoms with E-state index in [1.54, 1.807) is 6.33 Å². The van der Waals surface area contributed by atoms with Crippen molar-refractivity contribution in [2.75, 3.05) is 38.6 Å². The molecule has 6 nitrogen and oxygen atoms in total. The third-order valence-electron chi connectivity index (χ3n) is 3.79. The molecule has 1 heterocycles. The van der Waals surface area contributed by atoms with E-state index in [2.05, 4.69) is 14.9 Å². The molecule has 0 fully saturated rings. The highest BCUT2D eigenvalue weighted by Gasteiger charge is 2.20. The van der Waals surface area contributed by atoms with E-state index in [9.17, 15) is 9.90 Å². The van der Waals surface area contributed by atoms with E-state index in [0.717, 1.165) is 49.3 Å². The number of nitrogens with zero attached hydrogens (tertiary/aromatic N) is 4. The molecule has 0 spiro atoms. The monoisotopic (exact) mass is 292 g/mol. The van der Waals surface area contributed by atoms with Gasteiger partial charge >= 0.3 is 5.97 Å². The number of fused-ring (bicyclic) bond motifs is 1. The Kier molecular flexibility index (Phi) is 5.50. The normalized spacial score (nSPS) is 14.6. The van der Waals surface area contributed by atoms with Crippen LogP contribution in [0.1, 0.15) is 30.5 Å². The van der Waals surface area contributed by atoms with Gasteiger partial charge in [0.25, 0.3) is 0 Å². The smallest absolute Gasteiger partial charge is 0.323 e. The lowest BCUT2D eigenvalue weighted by atomic mass is 10.1. The fourth-order valence-corrected chi connectivity index (χ4v) is 2.70. The van der Waals surface area contributed by atoms with Gasteiger partial charge in [0.15, 0.2) is 0 Å². The largest absolute Gasteiger partial charge is 0.480 e. The number of aromatic nitrogens is 2. The van der Waals surface area contributed by atoms with Crippen molar-refractivity contribution in [2.24, 2.45) is 0 Å². The molecule has 1 aromatic rings. The highest BCUT2D eigenvalue weighted by Crippen LogP contribution is 2.26. The number of hydrogen-bond donors (Lipinski definition) is 1. The van der Waals surface area contributed by atoms with Crippen molar-refractivity contribution in [1.29, 1.82) is 0 Å². The molecule has 1 aliphatic carbocycles. The number of carboxylic acids is 1. The second kappa shape index (κ2) is 7.36. The third kappa shape index (κ3) is 4.39. The number of likely N-dealkylation sites (N-methyl/N-ethyl adjacent to an activating group) is 1. The summed E-state index contributed by atoms with van der Waals surface area (Å²) in [7, 11) is 3.97. The molecular formula is C15H24N4O2. The molecule has 0 bridgehead atoms. The molecule has 1 N–H and O–H groups in total. The molecule has 0 saturated carbocycles. The van der Waals surface area contributed by atoms with Crippen LogP contribution >= 0.6 is 0 Å². The molecule has 1 aromatic heterocycles. The van der Waals surface area contributed by atoms with Gasteiger partial charge < -0.3 is 14.9 Å². The minimum Gasteiger partial charge on any atom is -0.480 e. The average Bonchev–Trinajstić information content (AvgIpc) is 2.67. The second-order valence-electron chi connectivity index (χ2n) is 5.80. The van der Waals surface area contributed by atoms with Crippen molar-refractivity contribution in [3.05, 3.63) is 17.6 Å². The first-order chi connectivity index (χ1) is 10.1. The average molecular weight is 292 g/mol. The molecule has 21 heavy (non-hydrogen) atoms. The maximum Gasteiger partial charge on any atom is 0.323 e. The van der Waals surface area contributed by atoms with Gasteiger partial charge in [0.05, 0.1) is 0 Å². The van der Waals surface area contributed by atoms with E-state index in [0.29, 0.717) is 6.54 Å². The minimum atomic E-state index is -0.824. The van der Waals surface area contributed by atoms with E-state index in [-0.39, 0.29) is 6.54 Å². The first kappa shape index (κ1) is 15.7. The summed E-state index contributed by atoms with van der Waals surface area (Å²) in [4.78, 5) is 23.9. The van der Waals surface area contributed by atoms with Gasteiger partial charge in [-0.2, -0.15) is 0 Å². The van der Waals surface area contributed by atoms with E-state index >= 15 is 0 Å². The van der Waals surface area contributed by atoms with Gasteiger partial charge in [0.2, 0.25) is 0 Å². The fraction of sp³-hybridized carbons (Fsp3) is 0.667. The summed E-state index contributed by atoms with van der Waals surface area (Å²) in [5.41, 5.74) is 2.24. The van der Waals surface area contributed by atoms with Gasteiger partial charge in [-0.1, -0.05) is 6.42 Å². The number of anilines is 1. The zero-order valence-corrected chi connectivity index (χ0v) is 12.9. The lowest BCUT2D eigenvalue weighted by Gasteiger charge is -2.26.